The summed E-state index contributed by atoms with van der Waals surface area (Å²) in [6.07, 6.45) is 4.20. The minimum absolute atomic E-state index is 0.207. The molecular formula is C6H3N3OS. The quantitative estimate of drug-likeness (QED) is 0.576. The third-order valence-corrected chi connectivity index (χ3v) is 1.40. The zero-order valence-electron chi connectivity index (χ0n) is 5.39. The standard InChI is InChI=1S/C6H3N3OS/c7-4-11-6(10)5-3-8-1-2-9-5/h1-3H. The number of nitrogens with zero attached hydrogens (tertiary/aromatic N) is 3. The average Bonchev–Trinajstić information content (AvgIpc) is 2.07. The van der Waals surface area contributed by atoms with Crippen LogP contribution in [-0.4, -0.2) is 15.1 Å². The first-order chi connectivity index (χ1) is 5.34. The van der Waals surface area contributed by atoms with Gasteiger partial charge in [0.2, 0.25) is 0 Å². The summed E-state index contributed by atoms with van der Waals surface area (Å²) in [6, 6.07) is 0. The average molecular weight is 165 g/mol. The topological polar surface area (TPSA) is 66.6 Å². The second kappa shape index (κ2) is 3.68. The Morgan fingerprint density at radius 3 is 3.00 bits per heavy atom. The zero-order chi connectivity index (χ0) is 8.10. The van der Waals surface area contributed by atoms with E-state index >= 15 is 0 Å². The molecule has 11 heavy (non-hydrogen) atoms. The molecule has 0 atom stereocenters. The Morgan fingerprint density at radius 2 is 2.45 bits per heavy atom. The molecule has 1 aromatic rings. The molecule has 0 aliphatic carbocycles. The first kappa shape index (κ1) is 7.69. The number of nitriles is 1. The fourth-order valence-corrected chi connectivity index (χ4v) is 0.791. The van der Waals surface area contributed by atoms with Gasteiger partial charge < -0.3 is 0 Å². The highest BCUT2D eigenvalue weighted by Crippen LogP contribution is 2.05. The number of thioether (sulfide) groups is 1. The molecule has 0 aromatic carbocycles. The molecule has 0 saturated carbocycles. The summed E-state index contributed by atoms with van der Waals surface area (Å²) in [7, 11) is 0. The van der Waals surface area contributed by atoms with Crippen LogP contribution in [0, 0.1) is 10.7 Å². The summed E-state index contributed by atoms with van der Waals surface area (Å²) in [5, 5.41) is 9.43. The summed E-state index contributed by atoms with van der Waals surface area (Å²) < 4.78 is 0. The number of hydrogen-bond donors (Lipinski definition) is 0. The van der Waals surface area contributed by atoms with Gasteiger partial charge in [0.25, 0.3) is 5.12 Å². The minimum Gasteiger partial charge on any atom is -0.279 e. The molecule has 0 fully saturated rings. The van der Waals surface area contributed by atoms with Crippen LogP contribution in [0.4, 0.5) is 0 Å². The lowest BCUT2D eigenvalue weighted by Crippen LogP contribution is -1.95. The summed E-state index contributed by atoms with van der Waals surface area (Å²) in [4.78, 5) is 18.3. The highest BCUT2D eigenvalue weighted by molar-refractivity contribution is 8.18. The lowest BCUT2D eigenvalue weighted by Gasteiger charge is -1.89. The zero-order valence-corrected chi connectivity index (χ0v) is 6.21. The fraction of sp³-hybridized carbons (Fsp3) is 0. The predicted molar refractivity (Wildman–Crippen MR) is 39.6 cm³/mol. The normalized spacial score (nSPS) is 8.64. The molecule has 0 bridgehead atoms. The molecule has 1 heterocycles. The van der Waals surface area contributed by atoms with Crippen LogP contribution in [-0.2, 0) is 0 Å². The number of rotatable bonds is 1. The fourth-order valence-electron chi connectivity index (χ4n) is 0.498. The first-order valence-electron chi connectivity index (χ1n) is 2.71. The van der Waals surface area contributed by atoms with Gasteiger partial charge >= 0.3 is 0 Å². The SMILES string of the molecule is N#CSC(=O)c1cnccn1. The van der Waals surface area contributed by atoms with Crippen molar-refractivity contribution < 1.29 is 4.79 Å². The molecule has 1 rings (SSSR count). The van der Waals surface area contributed by atoms with E-state index in [1.165, 1.54) is 18.6 Å². The number of carbonyl (C=O) groups is 1. The van der Waals surface area contributed by atoms with E-state index in [2.05, 4.69) is 9.97 Å². The Balaban J connectivity index is 2.79. The predicted octanol–water partition coefficient (Wildman–Crippen LogP) is 0.831. The van der Waals surface area contributed by atoms with Crippen molar-refractivity contribution in [2.45, 2.75) is 0 Å². The molecule has 0 spiro atoms. The number of thiocyanates is 1. The molecule has 1 aromatic heterocycles. The molecule has 0 N–H and O–H groups in total. The largest absolute Gasteiger partial charge is 0.279 e. The van der Waals surface area contributed by atoms with Gasteiger partial charge in [0, 0.05) is 24.2 Å². The maximum Gasteiger partial charge on any atom is 0.253 e. The van der Waals surface area contributed by atoms with Gasteiger partial charge in [0.05, 0.1) is 6.20 Å². The van der Waals surface area contributed by atoms with Crippen molar-refractivity contribution in [3.63, 3.8) is 0 Å². The van der Waals surface area contributed by atoms with Crippen molar-refractivity contribution in [3.8, 4) is 5.40 Å². The maximum absolute atomic E-state index is 10.9. The number of aromatic nitrogens is 2. The van der Waals surface area contributed by atoms with Crippen molar-refractivity contribution in [3.05, 3.63) is 24.3 Å². The van der Waals surface area contributed by atoms with E-state index in [0.717, 1.165) is 0 Å². The molecular weight excluding hydrogens is 162 g/mol. The molecule has 4 nitrogen and oxygen atoms in total. The van der Waals surface area contributed by atoms with E-state index in [1.807, 2.05) is 0 Å². The van der Waals surface area contributed by atoms with Gasteiger partial charge in [-0.2, -0.15) is 5.26 Å². The maximum atomic E-state index is 10.9. The van der Waals surface area contributed by atoms with Crippen molar-refractivity contribution in [2.24, 2.45) is 0 Å². The Morgan fingerprint density at radius 1 is 1.64 bits per heavy atom. The Kier molecular flexibility index (Phi) is 2.58. The van der Waals surface area contributed by atoms with Crippen molar-refractivity contribution >= 4 is 16.9 Å². The van der Waals surface area contributed by atoms with Crippen LogP contribution >= 0.6 is 11.8 Å². The van der Waals surface area contributed by atoms with Crippen LogP contribution in [0.15, 0.2) is 18.6 Å². The molecule has 0 aliphatic heterocycles. The van der Waals surface area contributed by atoms with E-state index in [4.69, 9.17) is 5.26 Å². The second-order valence-corrected chi connectivity index (χ2v) is 2.33. The lowest BCUT2D eigenvalue weighted by molar-refractivity contribution is 0.108. The molecule has 0 unspecified atom stereocenters. The van der Waals surface area contributed by atoms with Crippen molar-refractivity contribution in [2.75, 3.05) is 0 Å². The molecule has 0 saturated heterocycles. The number of hydrogen-bond acceptors (Lipinski definition) is 5. The van der Waals surface area contributed by atoms with Crippen LogP contribution in [0.3, 0.4) is 0 Å². The molecule has 0 amide bonds. The molecule has 5 heteroatoms. The van der Waals surface area contributed by atoms with Crippen LogP contribution in [0.1, 0.15) is 10.5 Å². The van der Waals surface area contributed by atoms with Gasteiger partial charge in [-0.1, -0.05) is 0 Å². The van der Waals surface area contributed by atoms with Crippen LogP contribution in [0.5, 0.6) is 0 Å². The smallest absolute Gasteiger partial charge is 0.253 e. The molecule has 0 aliphatic rings. The minimum atomic E-state index is -0.374. The van der Waals surface area contributed by atoms with Gasteiger partial charge in [-0.15, -0.1) is 0 Å². The third-order valence-electron chi connectivity index (χ3n) is 0.911. The summed E-state index contributed by atoms with van der Waals surface area (Å²) in [5.74, 6) is 0. The van der Waals surface area contributed by atoms with E-state index in [1.54, 1.807) is 5.40 Å². The third kappa shape index (κ3) is 2.02. The molecule has 0 radical (unpaired) electrons. The monoisotopic (exact) mass is 165 g/mol. The lowest BCUT2D eigenvalue weighted by atomic mass is 10.5. The van der Waals surface area contributed by atoms with Gasteiger partial charge in [-0.05, 0) is 0 Å². The van der Waals surface area contributed by atoms with Gasteiger partial charge in [0.1, 0.15) is 11.1 Å². The van der Waals surface area contributed by atoms with Crippen LogP contribution < -0.4 is 0 Å². The highest BCUT2D eigenvalue weighted by Gasteiger charge is 2.05. The van der Waals surface area contributed by atoms with Crippen LogP contribution in [0.2, 0.25) is 0 Å². The summed E-state index contributed by atoms with van der Waals surface area (Å²) in [6.45, 7) is 0. The van der Waals surface area contributed by atoms with E-state index in [0.29, 0.717) is 11.8 Å². The van der Waals surface area contributed by atoms with Crippen molar-refractivity contribution in [1.82, 2.24) is 9.97 Å². The van der Waals surface area contributed by atoms with Crippen molar-refractivity contribution in [1.29, 1.82) is 5.26 Å². The summed E-state index contributed by atoms with van der Waals surface area (Å²) >= 11 is 0.549. The first-order valence-corrected chi connectivity index (χ1v) is 3.52. The van der Waals surface area contributed by atoms with Gasteiger partial charge in [-0.3, -0.25) is 9.78 Å². The van der Waals surface area contributed by atoms with Gasteiger partial charge in [-0.25, -0.2) is 4.98 Å². The Hall–Kier alpha value is -1.41. The Bertz CT molecular complexity index is 292. The van der Waals surface area contributed by atoms with Gasteiger partial charge in [0.15, 0.2) is 0 Å². The second-order valence-electron chi connectivity index (χ2n) is 1.57. The van der Waals surface area contributed by atoms with Crippen LogP contribution in [0.25, 0.3) is 0 Å². The van der Waals surface area contributed by atoms with E-state index in [9.17, 15) is 4.79 Å². The van der Waals surface area contributed by atoms with E-state index < -0.39 is 0 Å². The summed E-state index contributed by atoms with van der Waals surface area (Å²) in [5.41, 5.74) is 0.207. The molecule has 54 valence electrons. The number of carbonyl (C=O) groups excluding carboxylic acids is 1. The Labute approximate surface area is 67.3 Å². The highest BCUT2D eigenvalue weighted by atomic mass is 32.2. The van der Waals surface area contributed by atoms with E-state index in [-0.39, 0.29) is 10.8 Å².